The van der Waals surface area contributed by atoms with Gasteiger partial charge in [0.25, 0.3) is 0 Å². The molecule has 3 aliphatic heterocycles. The third-order valence-electron chi connectivity index (χ3n) is 11.9. The van der Waals surface area contributed by atoms with Crippen molar-refractivity contribution in [2.45, 2.75) is 127 Å². The van der Waals surface area contributed by atoms with Gasteiger partial charge in [-0.05, 0) is 61.7 Å². The summed E-state index contributed by atoms with van der Waals surface area (Å²) in [5, 5.41) is 0.994. The number of amides is 1. The Balaban J connectivity index is 1.46. The van der Waals surface area contributed by atoms with E-state index in [1.165, 1.54) is 12.3 Å². The van der Waals surface area contributed by atoms with Gasteiger partial charge in [-0.15, -0.1) is 5.54 Å². The van der Waals surface area contributed by atoms with Crippen LogP contribution in [0.15, 0.2) is 35.5 Å². The van der Waals surface area contributed by atoms with Crippen molar-refractivity contribution in [3.8, 4) is 28.6 Å². The topological polar surface area (TPSA) is 97.8 Å². The second-order valence-electron chi connectivity index (χ2n) is 17.2. The molecule has 2 fully saturated rings. The number of fused-ring (bicyclic) bond motifs is 6. The Morgan fingerprint density at radius 2 is 1.71 bits per heavy atom. The van der Waals surface area contributed by atoms with Gasteiger partial charge in [-0.1, -0.05) is 71.7 Å². The lowest BCUT2D eigenvalue weighted by atomic mass is 9.96. The Hall–Kier alpha value is -4.22. The van der Waals surface area contributed by atoms with Crippen LogP contribution in [0, 0.1) is 23.1 Å². The number of hydrogen-bond donors (Lipinski definition) is 0. The Kier molecular flexibility index (Phi) is 10.4. The molecule has 3 aliphatic rings. The molecule has 298 valence electrons. The fourth-order valence-electron chi connectivity index (χ4n) is 9.57. The molecule has 2 saturated heterocycles. The highest BCUT2D eigenvalue weighted by Crippen LogP contribution is 2.47. The fraction of sp³-hybridized carbons (Fsp3) is 0.524. The average Bonchev–Trinajstić information content (AvgIpc) is 3.37. The second kappa shape index (κ2) is 14.6. The van der Waals surface area contributed by atoms with Crippen LogP contribution in [0.5, 0.6) is 5.88 Å². The van der Waals surface area contributed by atoms with Crippen molar-refractivity contribution >= 4 is 52.5 Å². The molecule has 0 saturated carbocycles. The number of piperazine rings is 1. The predicted molar refractivity (Wildman–Crippen MR) is 217 cm³/mol. The summed E-state index contributed by atoms with van der Waals surface area (Å²) < 4.78 is 74.2. The van der Waals surface area contributed by atoms with Gasteiger partial charge >= 0.3 is 6.09 Å². The number of nitrogens with zero attached hydrogens (tertiary/aromatic N) is 5. The summed E-state index contributed by atoms with van der Waals surface area (Å²) >= 11 is 0. The molecule has 4 aromatic rings. The average molecular weight is 806 g/mol. The molecular weight excluding hydrogens is 756 g/mol. The van der Waals surface area contributed by atoms with Crippen LogP contribution < -0.4 is 9.64 Å². The van der Waals surface area contributed by atoms with Gasteiger partial charge in [-0.3, -0.25) is 9.11 Å². The molecule has 56 heavy (non-hydrogen) atoms. The number of pyridine rings is 1. The molecule has 0 radical (unpaired) electrons. The highest BCUT2D eigenvalue weighted by molar-refractivity contribution is 7.84. The van der Waals surface area contributed by atoms with Gasteiger partial charge in [-0.25, -0.2) is 32.9 Å². The van der Waals surface area contributed by atoms with Gasteiger partial charge < -0.3 is 14.4 Å². The highest BCUT2D eigenvalue weighted by atomic mass is 32.2. The molecule has 2 bridgehead atoms. The number of carbonyl (C=O) groups excluding carboxylic acids is 1. The Labute approximate surface area is 330 Å². The van der Waals surface area contributed by atoms with E-state index in [9.17, 15) is 9.00 Å². The molecule has 5 heterocycles. The minimum atomic E-state index is -2.31. The van der Waals surface area contributed by atoms with Crippen molar-refractivity contribution < 1.29 is 31.6 Å². The summed E-state index contributed by atoms with van der Waals surface area (Å²) in [5.41, 5.74) is 3.75. The number of halogens is 3. The number of ether oxygens (including phenoxy) is 2. The van der Waals surface area contributed by atoms with Crippen LogP contribution in [0.2, 0.25) is 16.6 Å². The number of carbonyl (C=O) groups is 1. The van der Waals surface area contributed by atoms with Crippen molar-refractivity contribution in [3.63, 3.8) is 0 Å². The quantitative estimate of drug-likeness (QED) is 0.108. The van der Waals surface area contributed by atoms with E-state index in [2.05, 4.69) is 63.0 Å². The van der Waals surface area contributed by atoms with E-state index in [0.717, 1.165) is 0 Å². The lowest BCUT2D eigenvalue weighted by molar-refractivity contribution is -0.00224. The first kappa shape index (κ1) is 40.0. The number of alkyl halides is 1. The van der Waals surface area contributed by atoms with Crippen LogP contribution in [-0.4, -0.2) is 87.5 Å². The lowest BCUT2D eigenvalue weighted by Crippen LogP contribution is -2.66. The van der Waals surface area contributed by atoms with Crippen LogP contribution in [0.1, 0.15) is 80.7 Å². The summed E-state index contributed by atoms with van der Waals surface area (Å²) in [7, 11) is -4.06. The lowest BCUT2D eigenvalue weighted by Gasteiger charge is -2.48. The largest absolute Gasteiger partial charge is 0.469 e. The van der Waals surface area contributed by atoms with E-state index < -0.39 is 67.1 Å². The van der Waals surface area contributed by atoms with Gasteiger partial charge in [0.2, 0.25) is 11.0 Å². The summed E-state index contributed by atoms with van der Waals surface area (Å²) in [5.74, 6) is 1.99. The monoisotopic (exact) mass is 805 g/mol. The van der Waals surface area contributed by atoms with Gasteiger partial charge in [0.1, 0.15) is 48.6 Å². The normalized spacial score (nSPS) is 21.3. The maximum atomic E-state index is 17.4. The number of anilines is 1. The fourth-order valence-corrected chi connectivity index (χ4v) is 15.2. The maximum Gasteiger partial charge on any atom is 0.410 e. The zero-order valence-electron chi connectivity index (χ0n) is 33.7. The first-order valence-corrected chi connectivity index (χ1v) is 23.2. The molecule has 0 spiro atoms. The highest BCUT2D eigenvalue weighted by Gasteiger charge is 2.55. The molecule has 1 amide bonds. The van der Waals surface area contributed by atoms with Gasteiger partial charge in [-0.2, -0.15) is 0 Å². The van der Waals surface area contributed by atoms with Crippen LogP contribution in [0.3, 0.4) is 0 Å². The summed E-state index contributed by atoms with van der Waals surface area (Å²) in [6.07, 6.45) is 0.926. The number of benzene rings is 2. The van der Waals surface area contributed by atoms with E-state index in [1.54, 1.807) is 43.9 Å². The number of aromatic nitrogens is 3. The summed E-state index contributed by atoms with van der Waals surface area (Å²) in [4.78, 5) is 31.0. The molecule has 9 nitrogen and oxygen atoms in total. The van der Waals surface area contributed by atoms with E-state index in [-0.39, 0.29) is 57.2 Å². The van der Waals surface area contributed by atoms with E-state index in [4.69, 9.17) is 14.5 Å². The minimum Gasteiger partial charge on any atom is -0.469 e. The molecule has 0 N–H and O–H groups in total. The molecule has 2 aromatic heterocycles. The van der Waals surface area contributed by atoms with Gasteiger partial charge in [0.15, 0.2) is 11.9 Å². The zero-order valence-corrected chi connectivity index (χ0v) is 35.5. The SMILES string of the molecule is CC(C)[Si](C#Cc1c(F)ccc2cccc(-c3nc4c5c(nc(S(C)=O)nc5c3F)N3CC5CCC(C3C(CF)O4)N5C(=O)OC(C)(C)C)c12)(C(C)C)C(C)C. The predicted octanol–water partition coefficient (Wildman–Crippen LogP) is 9.12. The minimum absolute atomic E-state index is 0.108. The summed E-state index contributed by atoms with van der Waals surface area (Å²) in [6, 6.07) is 6.61. The maximum absolute atomic E-state index is 17.4. The van der Waals surface area contributed by atoms with Crippen molar-refractivity contribution in [2.75, 3.05) is 24.4 Å². The van der Waals surface area contributed by atoms with E-state index in [0.29, 0.717) is 40.2 Å². The van der Waals surface area contributed by atoms with Gasteiger partial charge in [0, 0.05) is 23.8 Å². The smallest absolute Gasteiger partial charge is 0.410 e. The Morgan fingerprint density at radius 3 is 2.34 bits per heavy atom. The standard InChI is InChI=1S/C42H50F3N5O4SSi/c1-22(2)56(23(3)4,24(5)6)19-18-27-29(44)16-14-25-12-11-13-28(32(25)27)35-34(45)36-33-38(48-40(47-36)55(10)52)49-21-26-15-17-30(50(26)41(51)54-42(7,8)9)37(49)31(20-43)53-39(33)46-35/h11-14,16,22-24,26,30-31,37H,15,17,20-21H2,1-10H3. The molecule has 0 aliphatic carbocycles. The van der Waals surface area contributed by atoms with Crippen LogP contribution >= 0.6 is 0 Å². The number of hydrogen-bond acceptors (Lipinski definition) is 8. The summed E-state index contributed by atoms with van der Waals surface area (Å²) in [6.45, 7) is 17.7. The van der Waals surface area contributed by atoms with Crippen molar-refractivity contribution in [3.05, 3.63) is 47.5 Å². The van der Waals surface area contributed by atoms with Crippen LogP contribution in [0.25, 0.3) is 32.9 Å². The molecular formula is C42H50F3N5O4SSi. The van der Waals surface area contributed by atoms with E-state index in [1.807, 2.05) is 11.0 Å². The number of rotatable bonds is 6. The zero-order chi connectivity index (χ0) is 40.6. The molecule has 7 rings (SSSR count). The first-order valence-electron chi connectivity index (χ1n) is 19.4. The van der Waals surface area contributed by atoms with E-state index >= 15 is 13.2 Å². The molecule has 5 unspecified atom stereocenters. The molecule has 2 aromatic carbocycles. The van der Waals surface area contributed by atoms with Crippen molar-refractivity contribution in [1.82, 2.24) is 19.9 Å². The Morgan fingerprint density at radius 1 is 1.02 bits per heavy atom. The Bertz CT molecular complexity index is 2300. The molecule has 14 heteroatoms. The van der Waals surface area contributed by atoms with Crippen LogP contribution in [0.4, 0.5) is 23.8 Å². The first-order chi connectivity index (χ1) is 26.4. The van der Waals surface area contributed by atoms with Crippen molar-refractivity contribution in [2.24, 2.45) is 0 Å². The molecule has 5 atom stereocenters. The van der Waals surface area contributed by atoms with Crippen molar-refractivity contribution in [1.29, 1.82) is 0 Å². The third-order valence-corrected chi connectivity index (χ3v) is 18.9. The third kappa shape index (κ3) is 6.52. The van der Waals surface area contributed by atoms with Gasteiger partial charge in [0.05, 0.1) is 34.5 Å². The second-order valence-corrected chi connectivity index (χ2v) is 24.1. The van der Waals surface area contributed by atoms with Crippen LogP contribution in [-0.2, 0) is 15.5 Å².